The summed E-state index contributed by atoms with van der Waals surface area (Å²) in [4.78, 5) is 48.1. The van der Waals surface area contributed by atoms with Crippen LogP contribution >= 0.6 is 7.82 Å². The first-order chi connectivity index (χ1) is 32.2. The van der Waals surface area contributed by atoms with Crippen LogP contribution in [0.3, 0.4) is 0 Å². The van der Waals surface area contributed by atoms with E-state index in [4.69, 9.17) is 18.5 Å². The Kier molecular flexibility index (Phi) is 49.3. The van der Waals surface area contributed by atoms with Gasteiger partial charge < -0.3 is 19.7 Å². The molecular weight excluding hydrogens is 850 g/mol. The molecule has 0 aliphatic rings. The Labute approximate surface area is 406 Å². The van der Waals surface area contributed by atoms with E-state index < -0.39 is 32.5 Å². The van der Waals surface area contributed by atoms with E-state index in [0.717, 1.165) is 77.0 Å². The van der Waals surface area contributed by atoms with Crippen molar-refractivity contribution in [2.45, 2.75) is 284 Å². The third-order valence-corrected chi connectivity index (χ3v) is 13.1. The van der Waals surface area contributed by atoms with Gasteiger partial charge in [-0.2, -0.15) is 0 Å². The average Bonchev–Trinajstić information content (AvgIpc) is 3.30. The molecule has 0 fully saturated rings. The van der Waals surface area contributed by atoms with Gasteiger partial charge >= 0.3 is 19.8 Å². The van der Waals surface area contributed by atoms with Gasteiger partial charge in [0.2, 0.25) is 5.91 Å². The summed E-state index contributed by atoms with van der Waals surface area (Å²) >= 11 is 0. The lowest BCUT2D eigenvalue weighted by atomic mass is 10.0. The highest BCUT2D eigenvalue weighted by atomic mass is 31.2. The lowest BCUT2D eigenvalue weighted by Gasteiger charge is -2.20. The molecule has 0 aliphatic carbocycles. The molecule has 0 spiro atoms. The molecule has 11 heteroatoms. The lowest BCUT2D eigenvalue weighted by molar-refractivity contribution is -0.161. The number of nitrogens with one attached hydrogen (secondary N) is 1. The van der Waals surface area contributed by atoms with Gasteiger partial charge in [-0.15, -0.1) is 0 Å². The van der Waals surface area contributed by atoms with Gasteiger partial charge in [0, 0.05) is 25.8 Å². The number of carbonyl (C=O) groups is 3. The van der Waals surface area contributed by atoms with Gasteiger partial charge in [-0.05, 0) is 51.4 Å². The summed E-state index contributed by atoms with van der Waals surface area (Å²) in [6.45, 7) is 5.82. The second-order valence-electron chi connectivity index (χ2n) is 18.7. The van der Waals surface area contributed by atoms with E-state index in [1.807, 2.05) is 0 Å². The average molecular weight is 954 g/mol. The van der Waals surface area contributed by atoms with Crippen molar-refractivity contribution in [3.63, 3.8) is 0 Å². The van der Waals surface area contributed by atoms with Crippen LogP contribution < -0.4 is 5.32 Å². The molecule has 0 saturated carbocycles. The summed E-state index contributed by atoms with van der Waals surface area (Å²) in [6.07, 6.45) is 52.5. The number of amides is 1. The number of esters is 2. The van der Waals surface area contributed by atoms with Gasteiger partial charge in [0.1, 0.15) is 6.61 Å². The van der Waals surface area contributed by atoms with E-state index in [2.05, 4.69) is 50.4 Å². The summed E-state index contributed by atoms with van der Waals surface area (Å²) in [5, 5.41) is 2.74. The third kappa shape index (κ3) is 49.9. The predicted molar refractivity (Wildman–Crippen MR) is 276 cm³/mol. The number of hydrogen-bond acceptors (Lipinski definition) is 8. The zero-order valence-electron chi connectivity index (χ0n) is 43.2. The fourth-order valence-electron chi connectivity index (χ4n) is 7.94. The first-order valence-corrected chi connectivity index (χ1v) is 29.3. The molecule has 2 atom stereocenters. The first kappa shape index (κ1) is 64.0. The topological polar surface area (TPSA) is 137 Å². The van der Waals surface area contributed by atoms with Crippen LogP contribution in [0.1, 0.15) is 278 Å². The van der Waals surface area contributed by atoms with Gasteiger partial charge in [0.25, 0.3) is 0 Å². The molecule has 10 nitrogen and oxygen atoms in total. The number of unbranched alkanes of at least 4 members (excludes halogenated alkanes) is 32. The third-order valence-electron chi connectivity index (χ3n) is 12.2. The highest BCUT2D eigenvalue weighted by Crippen LogP contribution is 2.43. The number of carbonyl (C=O) groups excluding carboxylic acids is 3. The van der Waals surface area contributed by atoms with Crippen LogP contribution in [0.2, 0.25) is 0 Å². The second kappa shape index (κ2) is 50.9. The molecule has 0 aliphatic heterocycles. The molecule has 0 aromatic heterocycles. The molecule has 0 bridgehead atoms. The van der Waals surface area contributed by atoms with Crippen LogP contribution in [-0.4, -0.2) is 55.2 Å². The predicted octanol–water partition coefficient (Wildman–Crippen LogP) is 16.5. The SMILES string of the molecule is CCCCC/C=C\C/C=C\CCCCCCCC(=O)O[C@H](COC(=O)CCCCCCCCCCCCCCC)COP(=O)(O)OCCNC(=O)CCCCCCCCCCCCCCC. The molecule has 66 heavy (non-hydrogen) atoms. The van der Waals surface area contributed by atoms with Crippen molar-refractivity contribution >= 4 is 25.7 Å². The number of phosphoric acid groups is 1. The van der Waals surface area contributed by atoms with Crippen LogP contribution in [0.5, 0.6) is 0 Å². The minimum atomic E-state index is -4.54. The molecule has 0 saturated heterocycles. The maximum absolute atomic E-state index is 12.8. The zero-order valence-corrected chi connectivity index (χ0v) is 44.1. The normalized spacial score (nSPS) is 13.1. The zero-order chi connectivity index (χ0) is 48.3. The molecule has 0 heterocycles. The van der Waals surface area contributed by atoms with Crippen LogP contribution in [0.4, 0.5) is 0 Å². The molecule has 0 aromatic rings. The monoisotopic (exact) mass is 954 g/mol. The van der Waals surface area contributed by atoms with Gasteiger partial charge in [-0.1, -0.05) is 231 Å². The van der Waals surface area contributed by atoms with Crippen molar-refractivity contribution in [2.75, 3.05) is 26.4 Å². The van der Waals surface area contributed by atoms with E-state index in [0.29, 0.717) is 12.8 Å². The minimum Gasteiger partial charge on any atom is -0.462 e. The van der Waals surface area contributed by atoms with Gasteiger partial charge in [0.15, 0.2) is 6.10 Å². The molecular formula is C55H104NO9P. The molecule has 388 valence electrons. The van der Waals surface area contributed by atoms with Crippen molar-refractivity contribution in [1.29, 1.82) is 0 Å². The second-order valence-corrected chi connectivity index (χ2v) is 20.2. The summed E-state index contributed by atoms with van der Waals surface area (Å²) in [5.74, 6) is -0.986. The van der Waals surface area contributed by atoms with Crippen LogP contribution in [0.15, 0.2) is 24.3 Å². The Bertz CT molecular complexity index is 1190. The van der Waals surface area contributed by atoms with Gasteiger partial charge in [-0.25, -0.2) is 4.57 Å². The van der Waals surface area contributed by atoms with Crippen LogP contribution in [0.25, 0.3) is 0 Å². The minimum absolute atomic E-state index is 0.0635. The van der Waals surface area contributed by atoms with Crippen molar-refractivity contribution in [1.82, 2.24) is 5.32 Å². The van der Waals surface area contributed by atoms with Crippen LogP contribution in [0, 0.1) is 0 Å². The largest absolute Gasteiger partial charge is 0.472 e. The van der Waals surface area contributed by atoms with Gasteiger partial charge in [0.05, 0.1) is 13.2 Å². The van der Waals surface area contributed by atoms with E-state index >= 15 is 0 Å². The quantitative estimate of drug-likeness (QED) is 0.0264. The van der Waals surface area contributed by atoms with E-state index in [-0.39, 0.29) is 38.5 Å². The van der Waals surface area contributed by atoms with Crippen molar-refractivity contribution < 1.29 is 42.4 Å². The molecule has 0 radical (unpaired) electrons. The summed E-state index contributed by atoms with van der Waals surface area (Å²) in [7, 11) is -4.54. The van der Waals surface area contributed by atoms with Gasteiger partial charge in [-0.3, -0.25) is 23.4 Å². The summed E-state index contributed by atoms with van der Waals surface area (Å²) < 4.78 is 34.1. The Balaban J connectivity index is 4.52. The van der Waals surface area contributed by atoms with E-state index in [1.165, 1.54) is 154 Å². The number of phosphoric ester groups is 1. The maximum atomic E-state index is 12.8. The van der Waals surface area contributed by atoms with Crippen molar-refractivity contribution in [3.8, 4) is 0 Å². The molecule has 1 amide bonds. The highest BCUT2D eigenvalue weighted by Gasteiger charge is 2.26. The van der Waals surface area contributed by atoms with Crippen LogP contribution in [-0.2, 0) is 37.5 Å². The maximum Gasteiger partial charge on any atom is 0.472 e. The number of rotatable bonds is 52. The Hall–Kier alpha value is -2.00. The van der Waals surface area contributed by atoms with Crippen molar-refractivity contribution in [2.24, 2.45) is 0 Å². The smallest absolute Gasteiger partial charge is 0.462 e. The lowest BCUT2D eigenvalue weighted by Crippen LogP contribution is -2.30. The fourth-order valence-corrected chi connectivity index (χ4v) is 8.70. The molecule has 1 unspecified atom stereocenters. The first-order valence-electron chi connectivity index (χ1n) is 27.8. The van der Waals surface area contributed by atoms with E-state index in [9.17, 15) is 23.8 Å². The summed E-state index contributed by atoms with van der Waals surface area (Å²) in [6, 6.07) is 0. The Morgan fingerprint density at radius 2 is 0.848 bits per heavy atom. The summed E-state index contributed by atoms with van der Waals surface area (Å²) in [5.41, 5.74) is 0. The molecule has 0 aromatic carbocycles. The fraction of sp³-hybridized carbons (Fsp3) is 0.873. The Morgan fingerprint density at radius 1 is 0.470 bits per heavy atom. The molecule has 0 rings (SSSR count). The number of ether oxygens (including phenoxy) is 2. The Morgan fingerprint density at radius 3 is 1.32 bits per heavy atom. The number of allylic oxidation sites excluding steroid dienone is 4. The standard InChI is InChI=1S/C55H104NO9P/c1-4-7-10-13-16-19-22-25-26-29-32-35-38-41-44-47-55(59)65-52(50-62-54(58)46-43-40-37-34-31-28-24-21-18-15-12-9-6-3)51-64-66(60,61)63-49-48-56-53(57)45-42-39-36-33-30-27-23-20-17-14-11-8-5-2/h16,19,25-26,52H,4-15,17-18,20-24,27-51H2,1-3H3,(H,56,57)(H,60,61)/b19-16-,26-25-/t52-/m1/s1. The number of hydrogen-bond donors (Lipinski definition) is 2. The van der Waals surface area contributed by atoms with Crippen molar-refractivity contribution in [3.05, 3.63) is 24.3 Å². The highest BCUT2D eigenvalue weighted by molar-refractivity contribution is 7.47. The molecule has 2 N–H and O–H groups in total. The van der Waals surface area contributed by atoms with E-state index in [1.54, 1.807) is 0 Å².